The molecule has 0 amide bonds. The normalized spacial score (nSPS) is 18.4. The van der Waals surface area contributed by atoms with E-state index in [0.717, 1.165) is 0 Å². The van der Waals surface area contributed by atoms with Crippen molar-refractivity contribution in [2.24, 2.45) is 0 Å². The van der Waals surface area contributed by atoms with Gasteiger partial charge in [-0.2, -0.15) is 0 Å². The molecule has 2 aliphatic heterocycles. The highest BCUT2D eigenvalue weighted by Crippen LogP contribution is 2.52. The van der Waals surface area contributed by atoms with Crippen LogP contribution in [-0.4, -0.2) is 0 Å². The Kier molecular flexibility index (Phi) is 2.69. The Labute approximate surface area is 102 Å². The number of hydrogen-bond acceptors (Lipinski definition) is 3. The van der Waals surface area contributed by atoms with Crippen molar-refractivity contribution in [3.05, 3.63) is 57.0 Å². The van der Waals surface area contributed by atoms with Gasteiger partial charge in [0.15, 0.2) is 0 Å². The first-order valence-electron chi connectivity index (χ1n) is 4.61. The van der Waals surface area contributed by atoms with E-state index in [4.69, 9.17) is 0 Å². The molecular formula is C12H8S3. The summed E-state index contributed by atoms with van der Waals surface area (Å²) in [5.41, 5.74) is 1.33. The van der Waals surface area contributed by atoms with E-state index in [1.165, 1.54) is 19.6 Å². The van der Waals surface area contributed by atoms with Crippen LogP contribution in [0.1, 0.15) is 0 Å². The molecule has 3 rings (SSSR count). The minimum absolute atomic E-state index is 1.33. The molecule has 74 valence electrons. The van der Waals surface area contributed by atoms with Gasteiger partial charge in [-0.15, -0.1) is 11.8 Å². The van der Waals surface area contributed by atoms with Crippen LogP contribution in [0.4, 0.5) is 0 Å². The van der Waals surface area contributed by atoms with Crippen molar-refractivity contribution in [2.75, 3.05) is 0 Å². The quantitative estimate of drug-likeness (QED) is 0.643. The molecule has 2 aliphatic rings. The monoisotopic (exact) mass is 248 g/mol. The molecule has 0 spiro atoms. The molecule has 0 fully saturated rings. The summed E-state index contributed by atoms with van der Waals surface area (Å²) in [5, 5.41) is 4.26. The predicted octanol–water partition coefficient (Wildman–Crippen LogP) is 4.87. The van der Waals surface area contributed by atoms with Crippen molar-refractivity contribution < 1.29 is 0 Å². The predicted molar refractivity (Wildman–Crippen MR) is 71.1 cm³/mol. The average molecular weight is 248 g/mol. The van der Waals surface area contributed by atoms with Gasteiger partial charge in [0, 0.05) is 9.79 Å². The van der Waals surface area contributed by atoms with Crippen LogP contribution in [0.25, 0.3) is 0 Å². The lowest BCUT2D eigenvalue weighted by molar-refractivity contribution is 1.27. The third-order valence-corrected chi connectivity index (χ3v) is 5.35. The molecule has 2 heterocycles. The zero-order chi connectivity index (χ0) is 10.1. The number of fused-ring (bicyclic) bond motifs is 1. The smallest absolute Gasteiger partial charge is 0.0572 e. The highest BCUT2D eigenvalue weighted by atomic mass is 32.2. The maximum absolute atomic E-state index is 2.19. The zero-order valence-electron chi connectivity index (χ0n) is 7.84. The van der Waals surface area contributed by atoms with Crippen LogP contribution in [0.15, 0.2) is 66.8 Å². The maximum atomic E-state index is 2.19. The van der Waals surface area contributed by atoms with Crippen molar-refractivity contribution >= 4 is 35.3 Å². The standard InChI is InChI=1S/C12H8S3/c1-2-4-11-10(3-1)14-12(15-11)9-5-7-13-8-6-9/h1-8H. The third-order valence-electron chi connectivity index (χ3n) is 2.14. The molecule has 0 N–H and O–H groups in total. The van der Waals surface area contributed by atoms with Gasteiger partial charge in [-0.1, -0.05) is 35.7 Å². The van der Waals surface area contributed by atoms with Crippen molar-refractivity contribution in [2.45, 2.75) is 9.79 Å². The fourth-order valence-electron chi connectivity index (χ4n) is 1.42. The molecule has 1 aromatic rings. The molecule has 0 aliphatic carbocycles. The molecule has 0 aromatic heterocycles. The summed E-state index contributed by atoms with van der Waals surface area (Å²) < 4.78 is 1.39. The lowest BCUT2D eigenvalue weighted by atomic mass is 10.3. The van der Waals surface area contributed by atoms with Crippen molar-refractivity contribution in [1.82, 2.24) is 0 Å². The first-order valence-corrected chi connectivity index (χ1v) is 7.19. The number of hydrogen-bond donors (Lipinski definition) is 0. The van der Waals surface area contributed by atoms with E-state index in [2.05, 4.69) is 47.2 Å². The van der Waals surface area contributed by atoms with Crippen LogP contribution in [0.3, 0.4) is 0 Å². The van der Waals surface area contributed by atoms with E-state index in [9.17, 15) is 0 Å². The van der Waals surface area contributed by atoms with Gasteiger partial charge >= 0.3 is 0 Å². The van der Waals surface area contributed by atoms with Gasteiger partial charge in [0.05, 0.1) is 4.24 Å². The van der Waals surface area contributed by atoms with Crippen LogP contribution in [-0.2, 0) is 0 Å². The second kappa shape index (κ2) is 4.16. The molecule has 1 aromatic carbocycles. The zero-order valence-corrected chi connectivity index (χ0v) is 10.3. The number of allylic oxidation sites excluding steroid dienone is 3. The third kappa shape index (κ3) is 1.92. The number of thioether (sulfide) groups is 3. The number of benzene rings is 1. The van der Waals surface area contributed by atoms with E-state index in [1.807, 2.05) is 23.5 Å². The largest absolute Gasteiger partial charge is 0.106 e. The molecular weight excluding hydrogens is 240 g/mol. The molecule has 0 saturated heterocycles. The van der Waals surface area contributed by atoms with Gasteiger partial charge in [-0.25, -0.2) is 0 Å². The molecule has 0 saturated carbocycles. The summed E-state index contributed by atoms with van der Waals surface area (Å²) in [5.74, 6) is 0. The van der Waals surface area contributed by atoms with Gasteiger partial charge < -0.3 is 0 Å². The van der Waals surface area contributed by atoms with Crippen molar-refractivity contribution in [3.63, 3.8) is 0 Å². The Morgan fingerprint density at radius 2 is 1.40 bits per heavy atom. The highest BCUT2D eigenvalue weighted by molar-refractivity contribution is 8.24. The van der Waals surface area contributed by atoms with Gasteiger partial charge in [0.2, 0.25) is 0 Å². The van der Waals surface area contributed by atoms with Gasteiger partial charge in [0.1, 0.15) is 0 Å². The van der Waals surface area contributed by atoms with Gasteiger partial charge in [-0.05, 0) is 40.7 Å². The lowest BCUT2D eigenvalue weighted by Crippen LogP contribution is -1.76. The maximum Gasteiger partial charge on any atom is 0.0572 e. The second-order valence-electron chi connectivity index (χ2n) is 3.14. The average Bonchev–Trinajstić information content (AvgIpc) is 2.74. The molecule has 15 heavy (non-hydrogen) atoms. The lowest BCUT2D eigenvalue weighted by Gasteiger charge is -2.02. The molecule has 0 atom stereocenters. The molecule has 0 nitrogen and oxygen atoms in total. The van der Waals surface area contributed by atoms with Crippen molar-refractivity contribution in [1.29, 1.82) is 0 Å². The number of rotatable bonds is 0. The fourth-order valence-corrected chi connectivity index (χ4v) is 4.45. The van der Waals surface area contributed by atoms with Gasteiger partial charge in [-0.3, -0.25) is 0 Å². The summed E-state index contributed by atoms with van der Waals surface area (Å²) >= 11 is 5.47. The Morgan fingerprint density at radius 3 is 2.00 bits per heavy atom. The topological polar surface area (TPSA) is 0 Å². The van der Waals surface area contributed by atoms with Crippen LogP contribution >= 0.6 is 35.3 Å². The molecule has 0 radical (unpaired) electrons. The molecule has 0 bridgehead atoms. The minimum atomic E-state index is 1.33. The van der Waals surface area contributed by atoms with Crippen LogP contribution in [0, 0.1) is 0 Å². The van der Waals surface area contributed by atoms with Crippen LogP contribution < -0.4 is 0 Å². The highest BCUT2D eigenvalue weighted by Gasteiger charge is 2.18. The van der Waals surface area contributed by atoms with E-state index in [1.54, 1.807) is 11.8 Å². The first kappa shape index (κ1) is 9.70. The Bertz CT molecular complexity index is 442. The second-order valence-corrected chi connectivity index (χ2v) is 6.31. The van der Waals surface area contributed by atoms with E-state index >= 15 is 0 Å². The summed E-state index contributed by atoms with van der Waals surface area (Å²) in [6, 6.07) is 8.57. The van der Waals surface area contributed by atoms with E-state index in [0.29, 0.717) is 0 Å². The molecule has 0 unspecified atom stereocenters. The van der Waals surface area contributed by atoms with Crippen LogP contribution in [0.2, 0.25) is 0 Å². The minimum Gasteiger partial charge on any atom is -0.106 e. The summed E-state index contributed by atoms with van der Waals surface area (Å²) in [4.78, 5) is 2.76. The van der Waals surface area contributed by atoms with Crippen LogP contribution in [0.5, 0.6) is 0 Å². The van der Waals surface area contributed by atoms with Crippen molar-refractivity contribution in [3.8, 4) is 0 Å². The Hall–Kier alpha value is -0.510. The Morgan fingerprint density at radius 1 is 0.800 bits per heavy atom. The molecule has 3 heteroatoms. The fraction of sp³-hybridized carbons (Fsp3) is 0. The summed E-state index contributed by atoms with van der Waals surface area (Å²) in [6.07, 6.45) is 4.37. The summed E-state index contributed by atoms with van der Waals surface area (Å²) in [7, 11) is 0. The van der Waals surface area contributed by atoms with E-state index in [-0.39, 0.29) is 0 Å². The summed E-state index contributed by atoms with van der Waals surface area (Å²) in [6.45, 7) is 0. The van der Waals surface area contributed by atoms with Gasteiger partial charge in [0.25, 0.3) is 0 Å². The Balaban J connectivity index is 1.98. The SMILES string of the molecule is C1=CC(=C2Sc3ccccc3S2)C=CS1. The first-order chi connectivity index (χ1) is 7.43. The van der Waals surface area contributed by atoms with E-state index < -0.39 is 0 Å².